The van der Waals surface area contributed by atoms with Gasteiger partial charge in [-0.15, -0.1) is 0 Å². The van der Waals surface area contributed by atoms with Crippen LogP contribution in [0.1, 0.15) is 54.6 Å². The molecular weight excluding hydrogens is 462 g/mol. The van der Waals surface area contributed by atoms with E-state index in [1.54, 1.807) is 0 Å². The Morgan fingerprint density at radius 1 is 1.08 bits per heavy atom. The van der Waals surface area contributed by atoms with Crippen LogP contribution in [0.25, 0.3) is 0 Å². The monoisotopic (exact) mass is 495 g/mol. The fourth-order valence-electron chi connectivity index (χ4n) is 4.64. The Bertz CT molecular complexity index is 1080. The molecule has 4 rings (SSSR count). The van der Waals surface area contributed by atoms with Crippen molar-refractivity contribution in [2.45, 2.75) is 44.6 Å². The fraction of sp³-hybridized carbons (Fsp3) is 0.480. The van der Waals surface area contributed by atoms with Crippen LogP contribution in [0, 0.1) is 5.41 Å². The normalized spacial score (nSPS) is 17.3. The third kappa shape index (κ3) is 6.48. The Labute approximate surface area is 210 Å². The molecule has 192 valence electrons. The first kappa shape index (κ1) is 25.4. The highest BCUT2D eigenvalue weighted by molar-refractivity contribution is 6.04. The van der Waals surface area contributed by atoms with Crippen LogP contribution < -0.4 is 20.7 Å². The molecule has 1 aromatic carbocycles. The van der Waals surface area contributed by atoms with Crippen LogP contribution in [-0.2, 0) is 4.79 Å². The Morgan fingerprint density at radius 2 is 1.75 bits per heavy atom. The lowest BCUT2D eigenvalue weighted by atomic mass is 10.1. The van der Waals surface area contributed by atoms with Crippen LogP contribution in [0.3, 0.4) is 0 Å². The zero-order valence-electron chi connectivity index (χ0n) is 20.3. The van der Waals surface area contributed by atoms with E-state index in [4.69, 9.17) is 21.0 Å². The van der Waals surface area contributed by atoms with Crippen molar-refractivity contribution >= 4 is 35.5 Å². The molecule has 36 heavy (non-hydrogen) atoms. The maximum absolute atomic E-state index is 12.2. The largest absolute Gasteiger partial charge is 0.490 e. The lowest BCUT2D eigenvalue weighted by Crippen LogP contribution is -2.40. The standard InChI is InChI=1S/C25H33N7O4/c26-15-20-22(23(27)35)24(30-25(29-20)32-11-3-1-2-4-12-32)28-17-5-7-18(8-6-17)36-19-9-13-31(14-10-19)16-21(33)34/h5-8,15,19,26H,1-4,9-14,16H2,(H2,27,35)(H,33,34)(H,28,29,30). The highest BCUT2D eigenvalue weighted by atomic mass is 16.5. The molecule has 0 bridgehead atoms. The number of anilines is 3. The molecule has 5 N–H and O–H groups in total. The van der Waals surface area contributed by atoms with Crippen LogP contribution in [0.4, 0.5) is 17.5 Å². The zero-order chi connectivity index (χ0) is 25.5. The average Bonchev–Trinajstić information content (AvgIpc) is 3.15. The maximum atomic E-state index is 12.2. The number of carbonyl (C=O) groups excluding carboxylic acids is 1. The predicted octanol–water partition coefficient (Wildman–Crippen LogP) is 2.62. The molecule has 11 heteroatoms. The van der Waals surface area contributed by atoms with Crippen molar-refractivity contribution in [3.63, 3.8) is 0 Å². The molecule has 0 aliphatic carbocycles. The van der Waals surface area contributed by atoms with E-state index in [2.05, 4.69) is 20.2 Å². The first-order chi connectivity index (χ1) is 17.4. The number of nitrogens with zero attached hydrogens (tertiary/aromatic N) is 4. The highest BCUT2D eigenvalue weighted by Gasteiger charge is 2.23. The molecule has 0 atom stereocenters. The number of rotatable bonds is 9. The molecular formula is C25H33N7O4. The highest BCUT2D eigenvalue weighted by Crippen LogP contribution is 2.27. The Kier molecular flexibility index (Phi) is 8.32. The smallest absolute Gasteiger partial charge is 0.317 e. The number of ether oxygens (including phenoxy) is 1. The number of hydrogen-bond acceptors (Lipinski definition) is 9. The van der Waals surface area contributed by atoms with Gasteiger partial charge in [0.1, 0.15) is 28.9 Å². The molecule has 0 radical (unpaired) electrons. The molecule has 3 heterocycles. The van der Waals surface area contributed by atoms with Gasteiger partial charge in [-0.25, -0.2) is 4.98 Å². The number of aliphatic carboxylic acids is 1. The summed E-state index contributed by atoms with van der Waals surface area (Å²) in [6.45, 7) is 3.09. The number of nitrogens with one attached hydrogen (secondary N) is 2. The van der Waals surface area contributed by atoms with Gasteiger partial charge in [0.25, 0.3) is 5.91 Å². The van der Waals surface area contributed by atoms with Gasteiger partial charge in [-0.05, 0) is 49.9 Å². The number of carboxylic acid groups (broad SMARTS) is 1. The van der Waals surface area contributed by atoms with Gasteiger partial charge in [0.05, 0.1) is 6.54 Å². The summed E-state index contributed by atoms with van der Waals surface area (Å²) in [5.74, 6) is -0.0492. The molecule has 2 saturated heterocycles. The van der Waals surface area contributed by atoms with Gasteiger partial charge >= 0.3 is 5.97 Å². The van der Waals surface area contributed by atoms with Crippen molar-refractivity contribution in [2.24, 2.45) is 5.73 Å². The van der Waals surface area contributed by atoms with E-state index in [1.165, 1.54) is 0 Å². The van der Waals surface area contributed by atoms with E-state index < -0.39 is 11.9 Å². The Hall–Kier alpha value is -3.73. The number of carboxylic acids is 1. The van der Waals surface area contributed by atoms with Gasteiger partial charge in [0.2, 0.25) is 5.95 Å². The molecule has 11 nitrogen and oxygen atoms in total. The molecule has 0 spiro atoms. The van der Waals surface area contributed by atoms with E-state index in [-0.39, 0.29) is 29.7 Å². The molecule has 1 aromatic heterocycles. The van der Waals surface area contributed by atoms with Crippen molar-refractivity contribution < 1.29 is 19.4 Å². The second-order valence-electron chi connectivity index (χ2n) is 9.18. The van der Waals surface area contributed by atoms with E-state index in [0.717, 1.165) is 57.8 Å². The Morgan fingerprint density at radius 3 is 2.33 bits per heavy atom. The van der Waals surface area contributed by atoms with Gasteiger partial charge in [-0.3, -0.25) is 14.5 Å². The van der Waals surface area contributed by atoms with E-state index in [9.17, 15) is 9.59 Å². The van der Waals surface area contributed by atoms with Crippen molar-refractivity contribution in [1.82, 2.24) is 14.9 Å². The summed E-state index contributed by atoms with van der Waals surface area (Å²) >= 11 is 0. The van der Waals surface area contributed by atoms with Gasteiger partial charge in [-0.2, -0.15) is 4.98 Å². The molecule has 2 aliphatic rings. The lowest BCUT2D eigenvalue weighted by molar-refractivity contribution is -0.138. The number of amides is 1. The van der Waals surface area contributed by atoms with Crippen molar-refractivity contribution in [2.75, 3.05) is 42.9 Å². The molecule has 0 unspecified atom stereocenters. The summed E-state index contributed by atoms with van der Waals surface area (Å²) in [5.41, 5.74) is 6.59. The van der Waals surface area contributed by atoms with Crippen LogP contribution in [0.15, 0.2) is 24.3 Å². The van der Waals surface area contributed by atoms with Crippen molar-refractivity contribution in [3.05, 3.63) is 35.5 Å². The molecule has 2 fully saturated rings. The van der Waals surface area contributed by atoms with E-state index >= 15 is 0 Å². The lowest BCUT2D eigenvalue weighted by Gasteiger charge is -2.31. The minimum Gasteiger partial charge on any atom is -0.490 e. The first-order valence-corrected chi connectivity index (χ1v) is 12.4. The Balaban J connectivity index is 1.47. The fourth-order valence-corrected chi connectivity index (χ4v) is 4.64. The van der Waals surface area contributed by atoms with Gasteiger partial charge in [-0.1, -0.05) is 12.8 Å². The van der Waals surface area contributed by atoms with Gasteiger partial charge < -0.3 is 31.2 Å². The SMILES string of the molecule is N=Cc1nc(N2CCCCCC2)nc(Nc2ccc(OC3CCN(CC(=O)O)CC3)cc2)c1C(N)=O. The topological polar surface area (TPSA) is 158 Å². The number of hydrogen-bond donors (Lipinski definition) is 4. The number of aromatic nitrogens is 2. The minimum absolute atomic E-state index is 0.0310. The average molecular weight is 496 g/mol. The second kappa shape index (κ2) is 11.8. The maximum Gasteiger partial charge on any atom is 0.317 e. The summed E-state index contributed by atoms with van der Waals surface area (Å²) in [4.78, 5) is 36.2. The second-order valence-corrected chi connectivity index (χ2v) is 9.18. The van der Waals surface area contributed by atoms with Crippen molar-refractivity contribution in [1.29, 1.82) is 5.41 Å². The van der Waals surface area contributed by atoms with Gasteiger partial charge in [0, 0.05) is 38.1 Å². The molecule has 0 saturated carbocycles. The number of benzene rings is 1. The third-order valence-electron chi connectivity index (χ3n) is 6.51. The number of piperidine rings is 1. The number of primary amides is 1. The summed E-state index contributed by atoms with van der Waals surface area (Å²) in [7, 11) is 0. The molecule has 2 aromatic rings. The predicted molar refractivity (Wildman–Crippen MR) is 137 cm³/mol. The summed E-state index contributed by atoms with van der Waals surface area (Å²) in [6.07, 6.45) is 7.01. The zero-order valence-corrected chi connectivity index (χ0v) is 20.3. The van der Waals surface area contributed by atoms with Gasteiger partial charge in [0.15, 0.2) is 0 Å². The van der Waals surface area contributed by atoms with Crippen LogP contribution >= 0.6 is 0 Å². The van der Waals surface area contributed by atoms with E-state index in [1.807, 2.05) is 29.2 Å². The summed E-state index contributed by atoms with van der Waals surface area (Å²) in [6, 6.07) is 7.34. The molecule has 2 aliphatic heterocycles. The van der Waals surface area contributed by atoms with E-state index in [0.29, 0.717) is 30.5 Å². The van der Waals surface area contributed by atoms with Crippen LogP contribution in [0.5, 0.6) is 5.75 Å². The summed E-state index contributed by atoms with van der Waals surface area (Å²) in [5, 5.41) is 19.9. The number of likely N-dealkylation sites (tertiary alicyclic amines) is 1. The van der Waals surface area contributed by atoms with Crippen LogP contribution in [-0.4, -0.2) is 76.9 Å². The minimum atomic E-state index is -0.813. The quantitative estimate of drug-likeness (QED) is 0.384. The van der Waals surface area contributed by atoms with Crippen molar-refractivity contribution in [3.8, 4) is 5.75 Å². The summed E-state index contributed by atoms with van der Waals surface area (Å²) < 4.78 is 6.08. The first-order valence-electron chi connectivity index (χ1n) is 12.4. The van der Waals surface area contributed by atoms with Crippen LogP contribution in [0.2, 0.25) is 0 Å². The number of carbonyl (C=O) groups is 2. The molecule has 1 amide bonds. The number of nitrogens with two attached hydrogens (primary N) is 1. The third-order valence-corrected chi connectivity index (χ3v) is 6.51.